The summed E-state index contributed by atoms with van der Waals surface area (Å²) in [7, 11) is 0. The summed E-state index contributed by atoms with van der Waals surface area (Å²) in [6.07, 6.45) is 7.42. The Balaban J connectivity index is 1.94. The summed E-state index contributed by atoms with van der Waals surface area (Å²) in [5.74, 6) is -1.17. The lowest BCUT2D eigenvalue weighted by Crippen LogP contribution is -2.37. The minimum atomic E-state index is -1.44. The van der Waals surface area contributed by atoms with Crippen LogP contribution in [-0.4, -0.2) is 36.9 Å². The van der Waals surface area contributed by atoms with Crippen LogP contribution < -0.4 is 10.9 Å². The van der Waals surface area contributed by atoms with Gasteiger partial charge in [-0.1, -0.05) is 12.2 Å². The van der Waals surface area contributed by atoms with Crippen molar-refractivity contribution in [1.29, 1.82) is 0 Å². The number of amides is 1. The Morgan fingerprint density at radius 1 is 1.52 bits per heavy atom. The van der Waals surface area contributed by atoms with Crippen molar-refractivity contribution in [3.8, 4) is 5.88 Å². The van der Waals surface area contributed by atoms with Gasteiger partial charge in [0.25, 0.3) is 11.5 Å². The largest absolute Gasteiger partial charge is 0.492 e. The number of nitrogens with one attached hydrogen (secondary N) is 1. The number of rotatable bonds is 5. The lowest BCUT2D eigenvalue weighted by Gasteiger charge is -2.15. The maximum atomic E-state index is 14.4. The second kappa shape index (κ2) is 5.44. The average molecular weight is 346 g/mol. The number of carbonyl (C=O) groups is 1. The summed E-state index contributed by atoms with van der Waals surface area (Å²) >= 11 is 0. The fraction of sp³-hybridized carbons (Fsp3) is 0.471. The SMILES string of the molecule is C/C=C/c1cnn2c(O)c(C(=O)NC3CC3)c(=O)n(CC3(F)CC3)c12. The van der Waals surface area contributed by atoms with Crippen molar-refractivity contribution >= 4 is 17.6 Å². The molecule has 7 nitrogen and oxygen atoms in total. The van der Waals surface area contributed by atoms with Gasteiger partial charge < -0.3 is 10.4 Å². The molecule has 0 aromatic carbocycles. The van der Waals surface area contributed by atoms with E-state index in [1.54, 1.807) is 19.1 Å². The second-order valence-electron chi connectivity index (χ2n) is 6.82. The molecule has 2 aromatic heterocycles. The fourth-order valence-corrected chi connectivity index (χ4v) is 2.92. The van der Waals surface area contributed by atoms with Gasteiger partial charge in [-0.25, -0.2) is 4.39 Å². The van der Waals surface area contributed by atoms with Gasteiger partial charge in [0, 0.05) is 11.6 Å². The minimum Gasteiger partial charge on any atom is -0.492 e. The predicted octanol–water partition coefficient (Wildman–Crippen LogP) is 1.63. The van der Waals surface area contributed by atoms with Crippen LogP contribution >= 0.6 is 0 Å². The highest BCUT2D eigenvalue weighted by molar-refractivity contribution is 5.96. The number of halogens is 1. The van der Waals surface area contributed by atoms with Gasteiger partial charge in [0.2, 0.25) is 5.88 Å². The summed E-state index contributed by atoms with van der Waals surface area (Å²) < 4.78 is 16.7. The molecule has 0 aliphatic heterocycles. The van der Waals surface area contributed by atoms with Crippen LogP contribution in [-0.2, 0) is 6.54 Å². The zero-order chi connectivity index (χ0) is 17.8. The summed E-state index contributed by atoms with van der Waals surface area (Å²) in [5, 5.41) is 17.2. The van der Waals surface area contributed by atoms with Crippen molar-refractivity contribution in [3.63, 3.8) is 0 Å². The van der Waals surface area contributed by atoms with Gasteiger partial charge in [-0.2, -0.15) is 9.61 Å². The Morgan fingerprint density at radius 3 is 2.84 bits per heavy atom. The molecular weight excluding hydrogens is 327 g/mol. The van der Waals surface area contributed by atoms with Crippen LogP contribution in [0.3, 0.4) is 0 Å². The molecule has 0 atom stereocenters. The molecule has 0 unspecified atom stereocenters. The Kier molecular flexibility index (Phi) is 3.45. The molecule has 2 aliphatic carbocycles. The standard InChI is InChI=1S/C17H19FN4O3/c1-2-3-10-8-19-22-14(10)21(9-17(18)6-7-17)15(24)12(16(22)25)13(23)20-11-4-5-11/h2-3,8,11,25H,4-7,9H2,1H3,(H,20,23)/b3-2+. The van der Waals surface area contributed by atoms with Crippen molar-refractivity contribution in [3.05, 3.63) is 33.8 Å². The maximum absolute atomic E-state index is 14.4. The first-order chi connectivity index (χ1) is 11.9. The van der Waals surface area contributed by atoms with E-state index in [2.05, 4.69) is 10.4 Å². The summed E-state index contributed by atoms with van der Waals surface area (Å²) in [4.78, 5) is 25.3. The third-order valence-corrected chi connectivity index (χ3v) is 4.63. The van der Waals surface area contributed by atoms with E-state index in [0.29, 0.717) is 18.4 Å². The lowest BCUT2D eigenvalue weighted by atomic mass is 10.2. The normalized spacial score (nSPS) is 18.8. The zero-order valence-electron chi connectivity index (χ0n) is 13.8. The van der Waals surface area contributed by atoms with E-state index in [4.69, 9.17) is 0 Å². The number of nitrogens with zero attached hydrogens (tertiary/aromatic N) is 3. The van der Waals surface area contributed by atoms with Crippen molar-refractivity contribution in [2.45, 2.75) is 50.9 Å². The number of allylic oxidation sites excluding steroid dienone is 1. The highest BCUT2D eigenvalue weighted by atomic mass is 19.1. The zero-order valence-corrected chi connectivity index (χ0v) is 13.8. The number of hydrogen-bond donors (Lipinski definition) is 2. The molecule has 0 spiro atoms. The Morgan fingerprint density at radius 2 is 2.24 bits per heavy atom. The third-order valence-electron chi connectivity index (χ3n) is 4.63. The molecule has 2 N–H and O–H groups in total. The van der Waals surface area contributed by atoms with Crippen molar-refractivity contribution < 1.29 is 14.3 Å². The van der Waals surface area contributed by atoms with Crippen LogP contribution in [0.2, 0.25) is 0 Å². The molecule has 2 aliphatic rings. The number of aromatic hydroxyl groups is 1. The Labute approximate surface area is 142 Å². The van der Waals surface area contributed by atoms with Crippen LogP contribution in [0.4, 0.5) is 4.39 Å². The summed E-state index contributed by atoms with van der Waals surface area (Å²) in [6.45, 7) is 1.65. The van der Waals surface area contributed by atoms with Crippen LogP contribution in [0.1, 0.15) is 48.5 Å². The molecule has 2 fully saturated rings. The molecule has 0 radical (unpaired) electrons. The van der Waals surface area contributed by atoms with Gasteiger partial charge in [0.15, 0.2) is 5.56 Å². The number of carbonyl (C=O) groups excluding carboxylic acids is 1. The maximum Gasteiger partial charge on any atom is 0.270 e. The molecule has 0 saturated heterocycles. The molecule has 2 heterocycles. The molecule has 0 bridgehead atoms. The van der Waals surface area contributed by atoms with E-state index < -0.39 is 28.6 Å². The predicted molar refractivity (Wildman–Crippen MR) is 89.4 cm³/mol. The van der Waals surface area contributed by atoms with Gasteiger partial charge in [-0.05, 0) is 32.6 Å². The van der Waals surface area contributed by atoms with Gasteiger partial charge in [0.1, 0.15) is 11.3 Å². The van der Waals surface area contributed by atoms with E-state index in [1.165, 1.54) is 10.8 Å². The molecule has 1 amide bonds. The van der Waals surface area contributed by atoms with E-state index in [-0.39, 0.29) is 18.2 Å². The van der Waals surface area contributed by atoms with Crippen LogP contribution in [0.15, 0.2) is 17.1 Å². The molecule has 132 valence electrons. The van der Waals surface area contributed by atoms with Gasteiger partial charge in [-0.15, -0.1) is 0 Å². The molecular formula is C17H19FN4O3. The molecule has 2 saturated carbocycles. The summed E-state index contributed by atoms with van der Waals surface area (Å²) in [6, 6.07) is 0.0302. The van der Waals surface area contributed by atoms with Crippen LogP contribution in [0.25, 0.3) is 11.7 Å². The Bertz CT molecular complexity index is 951. The van der Waals surface area contributed by atoms with Crippen molar-refractivity contribution in [2.75, 3.05) is 0 Å². The highest BCUT2D eigenvalue weighted by Crippen LogP contribution is 2.41. The topological polar surface area (TPSA) is 88.6 Å². The van der Waals surface area contributed by atoms with Gasteiger partial charge in [-0.3, -0.25) is 14.2 Å². The smallest absolute Gasteiger partial charge is 0.270 e. The molecule has 2 aromatic rings. The first kappa shape index (κ1) is 15.9. The van der Waals surface area contributed by atoms with Crippen LogP contribution in [0.5, 0.6) is 5.88 Å². The second-order valence-corrected chi connectivity index (χ2v) is 6.82. The molecule has 4 rings (SSSR count). The minimum absolute atomic E-state index is 0.0302. The third kappa shape index (κ3) is 2.71. The fourth-order valence-electron chi connectivity index (χ4n) is 2.92. The van der Waals surface area contributed by atoms with Crippen LogP contribution in [0, 0.1) is 0 Å². The lowest BCUT2D eigenvalue weighted by molar-refractivity contribution is 0.0944. The molecule has 25 heavy (non-hydrogen) atoms. The average Bonchev–Trinajstić information content (AvgIpc) is 3.47. The number of fused-ring (bicyclic) bond motifs is 1. The first-order valence-corrected chi connectivity index (χ1v) is 8.39. The number of alkyl halides is 1. The van der Waals surface area contributed by atoms with Crippen molar-refractivity contribution in [2.24, 2.45) is 0 Å². The number of aromatic nitrogens is 3. The van der Waals surface area contributed by atoms with Gasteiger partial charge in [0.05, 0.1) is 12.7 Å². The first-order valence-electron chi connectivity index (χ1n) is 8.39. The molecule has 8 heteroatoms. The highest BCUT2D eigenvalue weighted by Gasteiger charge is 2.44. The van der Waals surface area contributed by atoms with E-state index >= 15 is 0 Å². The monoisotopic (exact) mass is 346 g/mol. The van der Waals surface area contributed by atoms with E-state index in [1.807, 2.05) is 0 Å². The van der Waals surface area contributed by atoms with E-state index in [0.717, 1.165) is 17.4 Å². The Hall–Kier alpha value is -2.64. The van der Waals surface area contributed by atoms with E-state index in [9.17, 15) is 19.1 Å². The van der Waals surface area contributed by atoms with Gasteiger partial charge >= 0.3 is 0 Å². The number of hydrogen-bond acceptors (Lipinski definition) is 4. The van der Waals surface area contributed by atoms with Crippen molar-refractivity contribution in [1.82, 2.24) is 19.5 Å². The summed E-state index contributed by atoms with van der Waals surface area (Å²) in [5.41, 5.74) is -1.67. The quantitative estimate of drug-likeness (QED) is 0.861.